The minimum absolute atomic E-state index is 0.191. The molecule has 0 spiro atoms. The van der Waals surface area contributed by atoms with Gasteiger partial charge in [0, 0.05) is 26.5 Å². The maximum atomic E-state index is 5.94. The molecule has 20 heavy (non-hydrogen) atoms. The van der Waals surface area contributed by atoms with Crippen molar-refractivity contribution in [3.63, 3.8) is 0 Å². The molecule has 2 heterocycles. The molecule has 0 aliphatic carbocycles. The summed E-state index contributed by atoms with van der Waals surface area (Å²) in [6.45, 7) is 7.00. The third-order valence-electron chi connectivity index (χ3n) is 3.53. The summed E-state index contributed by atoms with van der Waals surface area (Å²) < 4.78 is 9.51. The van der Waals surface area contributed by atoms with E-state index >= 15 is 0 Å². The third-order valence-corrected chi connectivity index (χ3v) is 3.72. The van der Waals surface area contributed by atoms with Crippen molar-refractivity contribution in [3.8, 4) is 0 Å². The fourth-order valence-electron chi connectivity index (χ4n) is 2.77. The van der Waals surface area contributed by atoms with Gasteiger partial charge in [0.2, 0.25) is 0 Å². The second kappa shape index (κ2) is 5.74. The number of hydrogen-bond donors (Lipinski definition) is 0. The molecule has 2 rings (SSSR count). The van der Waals surface area contributed by atoms with Crippen LogP contribution in [-0.2, 0) is 30.2 Å². The minimum Gasteiger partial charge on any atom is -0.382 e. The number of ether oxygens (including phenoxy) is 1. The van der Waals surface area contributed by atoms with Crippen molar-refractivity contribution < 1.29 is 4.74 Å². The van der Waals surface area contributed by atoms with Crippen LogP contribution in [0.1, 0.15) is 32.3 Å². The van der Waals surface area contributed by atoms with E-state index in [0.717, 1.165) is 35.5 Å². The molecule has 0 saturated carbocycles. The lowest BCUT2D eigenvalue weighted by molar-refractivity contribution is 0.109. The van der Waals surface area contributed by atoms with Gasteiger partial charge in [-0.05, 0) is 20.3 Å². The van der Waals surface area contributed by atoms with Crippen LogP contribution >= 0.6 is 11.6 Å². The average molecular weight is 299 g/mol. The number of nitrogens with zero attached hydrogens (tertiary/aromatic N) is 4. The first-order valence-corrected chi connectivity index (χ1v) is 7.48. The van der Waals surface area contributed by atoms with Gasteiger partial charge in [0.25, 0.3) is 0 Å². The lowest BCUT2D eigenvalue weighted by Crippen LogP contribution is -2.33. The predicted molar refractivity (Wildman–Crippen MR) is 81.5 cm³/mol. The summed E-state index contributed by atoms with van der Waals surface area (Å²) in [6, 6.07) is 0. The Morgan fingerprint density at radius 3 is 2.60 bits per heavy atom. The lowest BCUT2D eigenvalue weighted by Gasteiger charge is -2.28. The SMILES string of the molecule is CCc1nn(C)c2c1nc(CCCl)n2C(C)(C)COC. The molecule has 0 bridgehead atoms. The van der Waals surface area contributed by atoms with Gasteiger partial charge in [-0.25, -0.2) is 4.98 Å². The Labute approximate surface area is 124 Å². The molecule has 0 atom stereocenters. The summed E-state index contributed by atoms with van der Waals surface area (Å²) in [6.07, 6.45) is 1.62. The van der Waals surface area contributed by atoms with Crippen LogP contribution in [0.2, 0.25) is 0 Å². The number of methoxy groups -OCH3 is 1. The van der Waals surface area contributed by atoms with E-state index in [1.165, 1.54) is 0 Å². The van der Waals surface area contributed by atoms with Crippen molar-refractivity contribution in [1.29, 1.82) is 0 Å². The molecule has 0 aromatic carbocycles. The van der Waals surface area contributed by atoms with Crippen LogP contribution in [0, 0.1) is 0 Å². The molecule has 2 aromatic heterocycles. The topological polar surface area (TPSA) is 44.9 Å². The van der Waals surface area contributed by atoms with Gasteiger partial charge in [-0.3, -0.25) is 4.68 Å². The van der Waals surface area contributed by atoms with Crippen molar-refractivity contribution in [2.75, 3.05) is 19.6 Å². The number of aromatic nitrogens is 4. The number of rotatable bonds is 6. The molecule has 2 aromatic rings. The van der Waals surface area contributed by atoms with Gasteiger partial charge in [0.05, 0.1) is 17.8 Å². The Morgan fingerprint density at radius 2 is 2.05 bits per heavy atom. The Balaban J connectivity index is 2.71. The number of halogens is 1. The highest BCUT2D eigenvalue weighted by atomic mass is 35.5. The Hall–Kier alpha value is -1.07. The molecule has 0 radical (unpaired) electrons. The van der Waals surface area contributed by atoms with Gasteiger partial charge in [0.1, 0.15) is 11.3 Å². The number of fused-ring (bicyclic) bond motifs is 1. The molecular formula is C14H23ClN4O. The van der Waals surface area contributed by atoms with E-state index in [9.17, 15) is 0 Å². The maximum absolute atomic E-state index is 5.94. The molecule has 5 nitrogen and oxygen atoms in total. The first-order valence-electron chi connectivity index (χ1n) is 6.94. The highest BCUT2D eigenvalue weighted by Crippen LogP contribution is 2.28. The molecule has 112 valence electrons. The third kappa shape index (κ3) is 2.44. The van der Waals surface area contributed by atoms with Crippen molar-refractivity contribution in [2.24, 2.45) is 7.05 Å². The van der Waals surface area contributed by atoms with Crippen LogP contribution in [-0.4, -0.2) is 38.9 Å². The quantitative estimate of drug-likeness (QED) is 0.770. The summed E-state index contributed by atoms with van der Waals surface area (Å²) in [7, 11) is 3.69. The number of imidazole rings is 1. The number of alkyl halides is 1. The molecule has 0 fully saturated rings. The second-order valence-electron chi connectivity index (χ2n) is 5.64. The van der Waals surface area contributed by atoms with E-state index in [0.29, 0.717) is 12.5 Å². The summed E-state index contributed by atoms with van der Waals surface area (Å²) in [4.78, 5) is 4.78. The zero-order valence-corrected chi connectivity index (χ0v) is 13.7. The van der Waals surface area contributed by atoms with E-state index in [1.807, 2.05) is 11.7 Å². The molecule has 6 heteroatoms. The molecule has 0 aliphatic rings. The summed E-state index contributed by atoms with van der Waals surface area (Å²) in [5, 5.41) is 4.56. The van der Waals surface area contributed by atoms with E-state index < -0.39 is 0 Å². The standard InChI is InChI=1S/C14H23ClN4O/c1-6-10-12-13(18(4)17-10)19(11(16-12)7-8-15)14(2,3)9-20-5/h6-9H2,1-5H3. The Morgan fingerprint density at radius 1 is 1.35 bits per heavy atom. The van der Waals surface area contributed by atoms with Gasteiger partial charge >= 0.3 is 0 Å². The van der Waals surface area contributed by atoms with Gasteiger partial charge in [-0.1, -0.05) is 6.92 Å². The Kier molecular flexibility index (Phi) is 4.39. The van der Waals surface area contributed by atoms with Gasteiger partial charge < -0.3 is 9.30 Å². The molecule has 0 N–H and O–H groups in total. The van der Waals surface area contributed by atoms with E-state index in [2.05, 4.69) is 30.4 Å². The fraction of sp³-hybridized carbons (Fsp3) is 0.714. The van der Waals surface area contributed by atoms with Crippen LogP contribution in [0.4, 0.5) is 0 Å². The average Bonchev–Trinajstić information content (AvgIpc) is 2.88. The van der Waals surface area contributed by atoms with Crippen LogP contribution in [0.25, 0.3) is 11.2 Å². The molecular weight excluding hydrogens is 276 g/mol. The number of aryl methyl sites for hydroxylation is 3. The lowest BCUT2D eigenvalue weighted by atomic mass is 10.1. The highest BCUT2D eigenvalue weighted by molar-refractivity contribution is 6.17. The zero-order chi connectivity index (χ0) is 14.9. The number of hydrogen-bond acceptors (Lipinski definition) is 3. The molecule has 0 saturated heterocycles. The van der Waals surface area contributed by atoms with Crippen molar-refractivity contribution in [2.45, 2.75) is 39.2 Å². The van der Waals surface area contributed by atoms with Gasteiger partial charge in [-0.15, -0.1) is 11.6 Å². The monoisotopic (exact) mass is 298 g/mol. The minimum atomic E-state index is -0.191. The maximum Gasteiger partial charge on any atom is 0.159 e. The summed E-state index contributed by atoms with van der Waals surface area (Å²) in [5.74, 6) is 1.56. The zero-order valence-electron chi connectivity index (χ0n) is 12.9. The highest BCUT2D eigenvalue weighted by Gasteiger charge is 2.29. The van der Waals surface area contributed by atoms with E-state index in [4.69, 9.17) is 21.3 Å². The summed E-state index contributed by atoms with van der Waals surface area (Å²) >= 11 is 5.94. The second-order valence-corrected chi connectivity index (χ2v) is 6.02. The Bertz CT molecular complexity index is 600. The largest absolute Gasteiger partial charge is 0.382 e. The fourth-order valence-corrected chi connectivity index (χ4v) is 2.94. The first-order chi connectivity index (χ1) is 9.46. The molecule has 0 amide bonds. The summed E-state index contributed by atoms with van der Waals surface area (Å²) in [5.41, 5.74) is 2.87. The van der Waals surface area contributed by atoms with Crippen molar-refractivity contribution in [1.82, 2.24) is 19.3 Å². The van der Waals surface area contributed by atoms with E-state index in [-0.39, 0.29) is 5.54 Å². The molecule has 0 aliphatic heterocycles. The van der Waals surface area contributed by atoms with Crippen molar-refractivity contribution >= 4 is 22.8 Å². The van der Waals surface area contributed by atoms with Gasteiger partial charge in [-0.2, -0.15) is 5.10 Å². The molecule has 0 unspecified atom stereocenters. The van der Waals surface area contributed by atoms with Crippen LogP contribution in [0.15, 0.2) is 0 Å². The predicted octanol–water partition coefficient (Wildman–Crippen LogP) is 2.50. The van der Waals surface area contributed by atoms with Crippen LogP contribution in [0.5, 0.6) is 0 Å². The van der Waals surface area contributed by atoms with Crippen LogP contribution < -0.4 is 0 Å². The van der Waals surface area contributed by atoms with E-state index in [1.54, 1.807) is 7.11 Å². The normalized spacial score (nSPS) is 12.5. The smallest absolute Gasteiger partial charge is 0.159 e. The van der Waals surface area contributed by atoms with Crippen molar-refractivity contribution in [3.05, 3.63) is 11.5 Å². The van der Waals surface area contributed by atoms with Gasteiger partial charge in [0.15, 0.2) is 5.65 Å². The first kappa shape index (κ1) is 15.3. The van der Waals surface area contributed by atoms with Crippen LogP contribution in [0.3, 0.4) is 0 Å².